The van der Waals surface area contributed by atoms with Crippen LogP contribution in [0.1, 0.15) is 5.01 Å². The highest BCUT2D eigenvalue weighted by Gasteiger charge is 2.17. The van der Waals surface area contributed by atoms with E-state index in [1.807, 2.05) is 19.1 Å². The van der Waals surface area contributed by atoms with Gasteiger partial charge in [0.2, 0.25) is 0 Å². The van der Waals surface area contributed by atoms with Crippen LogP contribution >= 0.6 is 11.3 Å². The zero-order valence-electron chi connectivity index (χ0n) is 12.7. The van der Waals surface area contributed by atoms with Crippen LogP contribution in [0.4, 0.5) is 5.69 Å². The predicted octanol–water partition coefficient (Wildman–Crippen LogP) is 3.95. The fourth-order valence-corrected chi connectivity index (χ4v) is 4.73. The van der Waals surface area contributed by atoms with E-state index >= 15 is 0 Å². The summed E-state index contributed by atoms with van der Waals surface area (Å²) in [4.78, 5) is 8.67. The molecule has 0 amide bonds. The average Bonchev–Trinajstić information content (AvgIpc) is 2.93. The Balaban J connectivity index is 1.78. The highest BCUT2D eigenvalue weighted by molar-refractivity contribution is 7.93. The monoisotopic (exact) mass is 355 g/mol. The summed E-state index contributed by atoms with van der Waals surface area (Å²) in [5.74, 6) is 0. The minimum Gasteiger partial charge on any atom is -0.280 e. The minimum atomic E-state index is -3.70. The van der Waals surface area contributed by atoms with E-state index in [1.165, 1.54) is 0 Å². The average molecular weight is 355 g/mol. The molecule has 0 fully saturated rings. The van der Waals surface area contributed by atoms with Gasteiger partial charge in [-0.1, -0.05) is 12.1 Å². The molecular weight excluding hydrogens is 342 g/mol. The Hall–Kier alpha value is -2.51. The highest BCUT2D eigenvalue weighted by atomic mass is 32.2. The maximum atomic E-state index is 12.8. The van der Waals surface area contributed by atoms with Crippen LogP contribution in [0.15, 0.2) is 59.8 Å². The molecule has 0 spiro atoms. The molecule has 4 aromatic rings. The molecule has 2 aromatic carbocycles. The molecule has 2 aromatic heterocycles. The fourth-order valence-electron chi connectivity index (χ4n) is 2.64. The summed E-state index contributed by atoms with van der Waals surface area (Å²) in [6, 6.07) is 12.2. The van der Waals surface area contributed by atoms with Crippen molar-refractivity contribution in [2.24, 2.45) is 0 Å². The number of thiazole rings is 1. The second-order valence-corrected chi connectivity index (χ2v) is 8.26. The van der Waals surface area contributed by atoms with Crippen molar-refractivity contribution in [3.8, 4) is 0 Å². The van der Waals surface area contributed by atoms with Crippen LogP contribution in [0.5, 0.6) is 0 Å². The Morgan fingerprint density at radius 1 is 1.12 bits per heavy atom. The van der Waals surface area contributed by atoms with Gasteiger partial charge >= 0.3 is 0 Å². The molecule has 1 N–H and O–H groups in total. The number of aromatic nitrogens is 2. The molecule has 0 aliphatic carbocycles. The van der Waals surface area contributed by atoms with Crippen LogP contribution in [0.3, 0.4) is 0 Å². The van der Waals surface area contributed by atoms with E-state index in [1.54, 1.807) is 54.1 Å². The largest absolute Gasteiger partial charge is 0.280 e. The second kappa shape index (κ2) is 5.54. The van der Waals surface area contributed by atoms with Crippen LogP contribution in [-0.4, -0.2) is 18.4 Å². The van der Waals surface area contributed by atoms with Gasteiger partial charge in [-0.2, -0.15) is 0 Å². The summed E-state index contributed by atoms with van der Waals surface area (Å²) in [6.07, 6.45) is 3.24. The first kappa shape index (κ1) is 15.0. The number of nitrogens with zero attached hydrogens (tertiary/aromatic N) is 2. The maximum Gasteiger partial charge on any atom is 0.262 e. The quantitative estimate of drug-likeness (QED) is 0.604. The van der Waals surface area contributed by atoms with Gasteiger partial charge in [-0.05, 0) is 37.3 Å². The third-order valence-electron chi connectivity index (χ3n) is 3.68. The Kier molecular flexibility index (Phi) is 3.47. The first-order chi connectivity index (χ1) is 11.5. The Morgan fingerprint density at radius 2 is 2.00 bits per heavy atom. The van der Waals surface area contributed by atoms with E-state index in [2.05, 4.69) is 14.7 Å². The number of aryl methyl sites for hydroxylation is 1. The van der Waals surface area contributed by atoms with Gasteiger partial charge in [0.15, 0.2) is 0 Å². The zero-order valence-corrected chi connectivity index (χ0v) is 14.4. The lowest BCUT2D eigenvalue weighted by Gasteiger charge is -2.10. The zero-order chi connectivity index (χ0) is 16.7. The van der Waals surface area contributed by atoms with E-state index in [0.717, 1.165) is 20.6 Å². The number of sulfonamides is 1. The Bertz CT molecular complexity index is 1160. The molecule has 0 aliphatic heterocycles. The van der Waals surface area contributed by atoms with Crippen LogP contribution in [0, 0.1) is 6.92 Å². The van der Waals surface area contributed by atoms with Gasteiger partial charge in [0.1, 0.15) is 0 Å². The van der Waals surface area contributed by atoms with Crippen molar-refractivity contribution in [2.45, 2.75) is 11.8 Å². The number of hydrogen-bond donors (Lipinski definition) is 1. The highest BCUT2D eigenvalue weighted by Crippen LogP contribution is 2.27. The number of hydrogen-bond acceptors (Lipinski definition) is 5. The molecule has 7 heteroatoms. The number of pyridine rings is 1. The number of benzene rings is 2. The molecule has 0 atom stereocenters. The van der Waals surface area contributed by atoms with Crippen LogP contribution in [-0.2, 0) is 10.0 Å². The fraction of sp³-hybridized carbons (Fsp3) is 0.0588. The van der Waals surface area contributed by atoms with E-state index in [0.29, 0.717) is 11.1 Å². The van der Waals surface area contributed by atoms with Crippen LogP contribution < -0.4 is 4.72 Å². The van der Waals surface area contributed by atoms with Gasteiger partial charge < -0.3 is 0 Å². The SMILES string of the molecule is Cc1nc2cc(NS(=O)(=O)c3cccc4cnccc34)ccc2s1. The standard InChI is InChI=1S/C17H13N3O2S2/c1-11-19-15-9-13(5-6-16(15)23-11)20-24(21,22)17-4-2-3-12-10-18-8-7-14(12)17/h2-10,20H,1H3. The van der Waals surface area contributed by atoms with Crippen LogP contribution in [0.2, 0.25) is 0 Å². The lowest BCUT2D eigenvalue weighted by molar-refractivity contribution is 0.602. The maximum absolute atomic E-state index is 12.8. The first-order valence-corrected chi connectivity index (χ1v) is 9.56. The molecule has 2 heterocycles. The molecule has 5 nitrogen and oxygen atoms in total. The molecule has 0 radical (unpaired) electrons. The van der Waals surface area contributed by atoms with Gasteiger partial charge in [-0.25, -0.2) is 13.4 Å². The molecule has 0 aliphatic rings. The molecule has 24 heavy (non-hydrogen) atoms. The summed E-state index contributed by atoms with van der Waals surface area (Å²) in [6.45, 7) is 1.93. The van der Waals surface area contributed by atoms with E-state index in [9.17, 15) is 8.42 Å². The molecule has 4 rings (SSSR count). The van der Waals surface area contributed by atoms with E-state index in [-0.39, 0.29) is 4.90 Å². The van der Waals surface area contributed by atoms with Crippen molar-refractivity contribution in [2.75, 3.05) is 4.72 Å². The van der Waals surface area contributed by atoms with E-state index < -0.39 is 10.0 Å². The lowest BCUT2D eigenvalue weighted by Crippen LogP contribution is -2.13. The summed E-state index contributed by atoms with van der Waals surface area (Å²) in [7, 11) is -3.70. The predicted molar refractivity (Wildman–Crippen MR) is 96.9 cm³/mol. The van der Waals surface area contributed by atoms with Crippen molar-refractivity contribution in [3.05, 3.63) is 59.9 Å². The Morgan fingerprint density at radius 3 is 2.88 bits per heavy atom. The van der Waals surface area contributed by atoms with Gasteiger partial charge in [0, 0.05) is 23.2 Å². The van der Waals surface area contributed by atoms with Gasteiger partial charge in [0.05, 0.1) is 25.8 Å². The Labute approximate surface area is 143 Å². The summed E-state index contributed by atoms with van der Waals surface area (Å²) < 4.78 is 29.3. The van der Waals surface area contributed by atoms with Crippen molar-refractivity contribution < 1.29 is 8.42 Å². The number of fused-ring (bicyclic) bond motifs is 2. The third kappa shape index (κ3) is 2.61. The van der Waals surface area contributed by atoms with Crippen molar-refractivity contribution >= 4 is 48.0 Å². The van der Waals surface area contributed by atoms with Crippen LogP contribution in [0.25, 0.3) is 21.0 Å². The number of nitrogens with one attached hydrogen (secondary N) is 1. The molecular formula is C17H13N3O2S2. The second-order valence-electron chi connectivity index (χ2n) is 5.37. The number of rotatable bonds is 3. The molecule has 0 unspecified atom stereocenters. The minimum absolute atomic E-state index is 0.233. The van der Waals surface area contributed by atoms with Gasteiger partial charge in [0.25, 0.3) is 10.0 Å². The normalized spacial score (nSPS) is 11.9. The van der Waals surface area contributed by atoms with E-state index in [4.69, 9.17) is 0 Å². The molecule has 120 valence electrons. The molecule has 0 saturated carbocycles. The molecule has 0 saturated heterocycles. The third-order valence-corrected chi connectivity index (χ3v) is 6.07. The smallest absolute Gasteiger partial charge is 0.262 e. The first-order valence-electron chi connectivity index (χ1n) is 7.26. The van der Waals surface area contributed by atoms with Crippen molar-refractivity contribution in [1.29, 1.82) is 0 Å². The lowest BCUT2D eigenvalue weighted by atomic mass is 10.2. The van der Waals surface area contributed by atoms with Gasteiger partial charge in [-0.15, -0.1) is 11.3 Å². The summed E-state index contributed by atoms with van der Waals surface area (Å²) in [5.41, 5.74) is 1.29. The van der Waals surface area contributed by atoms with Gasteiger partial charge in [-0.3, -0.25) is 9.71 Å². The van der Waals surface area contributed by atoms with Crippen molar-refractivity contribution in [3.63, 3.8) is 0 Å². The molecule has 0 bridgehead atoms. The summed E-state index contributed by atoms with van der Waals surface area (Å²) in [5, 5.41) is 2.38. The number of anilines is 1. The van der Waals surface area contributed by atoms with Crippen molar-refractivity contribution in [1.82, 2.24) is 9.97 Å². The topological polar surface area (TPSA) is 72.0 Å². The summed E-state index contributed by atoms with van der Waals surface area (Å²) >= 11 is 1.58.